The van der Waals surface area contributed by atoms with Gasteiger partial charge in [-0.2, -0.15) is 0 Å². The van der Waals surface area contributed by atoms with Crippen molar-refractivity contribution < 1.29 is 14.4 Å². The van der Waals surface area contributed by atoms with E-state index >= 15 is 0 Å². The summed E-state index contributed by atoms with van der Waals surface area (Å²) in [6.07, 6.45) is 5.87. The van der Waals surface area contributed by atoms with Gasteiger partial charge in [0.05, 0.1) is 6.04 Å². The Morgan fingerprint density at radius 1 is 1.03 bits per heavy atom. The second-order valence-corrected chi connectivity index (χ2v) is 8.20. The second kappa shape index (κ2) is 12.1. The molecule has 168 valence electrons. The number of aryl methyl sites for hydroxylation is 1. The van der Waals surface area contributed by atoms with Gasteiger partial charge >= 0.3 is 0 Å². The molecular weight excluding hydrogens is 426 g/mol. The van der Waals surface area contributed by atoms with Crippen LogP contribution >= 0.6 is 11.6 Å². The Labute approximate surface area is 193 Å². The van der Waals surface area contributed by atoms with Crippen molar-refractivity contribution in [2.24, 2.45) is 0 Å². The maximum absolute atomic E-state index is 12.8. The summed E-state index contributed by atoms with van der Waals surface area (Å²) in [4.78, 5) is 37.6. The van der Waals surface area contributed by atoms with Crippen LogP contribution in [0.3, 0.4) is 0 Å². The third-order valence-electron chi connectivity index (χ3n) is 5.30. The predicted octanol–water partition coefficient (Wildman–Crippen LogP) is 3.47. The van der Waals surface area contributed by atoms with Crippen LogP contribution in [0.25, 0.3) is 0 Å². The lowest BCUT2D eigenvalue weighted by molar-refractivity contribution is -0.129. The van der Waals surface area contributed by atoms with E-state index in [1.807, 2.05) is 54.6 Å². The van der Waals surface area contributed by atoms with Gasteiger partial charge in [-0.3, -0.25) is 14.4 Å². The molecule has 2 aromatic rings. The van der Waals surface area contributed by atoms with E-state index in [2.05, 4.69) is 16.0 Å². The average molecular weight is 454 g/mol. The Morgan fingerprint density at radius 3 is 2.53 bits per heavy atom. The fourth-order valence-electron chi connectivity index (χ4n) is 3.50. The molecule has 0 saturated carbocycles. The summed E-state index contributed by atoms with van der Waals surface area (Å²) in [5, 5.41) is 9.38. The van der Waals surface area contributed by atoms with Gasteiger partial charge in [-0.15, -0.1) is 0 Å². The van der Waals surface area contributed by atoms with E-state index in [1.165, 1.54) is 0 Å². The fourth-order valence-corrected chi connectivity index (χ4v) is 3.63. The Balaban J connectivity index is 1.62. The lowest BCUT2D eigenvalue weighted by atomic mass is 10.0. The van der Waals surface area contributed by atoms with Crippen LogP contribution in [0.2, 0.25) is 5.02 Å². The normalized spacial score (nSPS) is 20.8. The van der Waals surface area contributed by atoms with E-state index in [9.17, 15) is 14.4 Å². The summed E-state index contributed by atoms with van der Waals surface area (Å²) < 4.78 is 0. The van der Waals surface area contributed by atoms with E-state index in [0.717, 1.165) is 11.1 Å². The fraction of sp³-hybridized carbons (Fsp3) is 0.320. The Bertz CT molecular complexity index is 945. The lowest BCUT2D eigenvalue weighted by Crippen LogP contribution is -2.48. The van der Waals surface area contributed by atoms with Crippen molar-refractivity contribution in [3.05, 3.63) is 82.9 Å². The average Bonchev–Trinajstić information content (AvgIpc) is 2.80. The van der Waals surface area contributed by atoms with Gasteiger partial charge in [-0.1, -0.05) is 66.2 Å². The summed E-state index contributed by atoms with van der Waals surface area (Å²) in [7, 11) is 0. The van der Waals surface area contributed by atoms with Gasteiger partial charge in [0.25, 0.3) is 0 Å². The molecule has 1 aliphatic rings. The monoisotopic (exact) mass is 453 g/mol. The van der Waals surface area contributed by atoms with Crippen molar-refractivity contribution in [3.63, 3.8) is 0 Å². The molecule has 0 saturated heterocycles. The van der Waals surface area contributed by atoms with Crippen LogP contribution in [0, 0.1) is 0 Å². The van der Waals surface area contributed by atoms with Gasteiger partial charge in [-0.25, -0.2) is 0 Å². The van der Waals surface area contributed by atoms with Gasteiger partial charge in [0.15, 0.2) is 0 Å². The molecule has 0 aliphatic carbocycles. The molecule has 0 spiro atoms. The second-order valence-electron chi connectivity index (χ2n) is 7.77. The van der Waals surface area contributed by atoms with Gasteiger partial charge in [0.2, 0.25) is 17.7 Å². The predicted molar refractivity (Wildman–Crippen MR) is 125 cm³/mol. The highest BCUT2D eigenvalue weighted by Crippen LogP contribution is 2.14. The van der Waals surface area contributed by atoms with E-state index in [4.69, 9.17) is 11.6 Å². The molecule has 32 heavy (non-hydrogen) atoms. The molecule has 0 fully saturated rings. The van der Waals surface area contributed by atoms with Crippen molar-refractivity contribution in [3.8, 4) is 0 Å². The number of rotatable bonds is 5. The molecule has 3 N–H and O–H groups in total. The van der Waals surface area contributed by atoms with Crippen molar-refractivity contribution in [1.29, 1.82) is 0 Å². The molecule has 0 aromatic heterocycles. The molecule has 6 nitrogen and oxygen atoms in total. The SMILES string of the molecule is O=C1CC/C=C/C[C@@H](NC(=O)CCc2ccc(Cl)cc2)C(=O)NC[C@@H](c2ccccc2)N1. The van der Waals surface area contributed by atoms with Crippen molar-refractivity contribution in [2.45, 2.75) is 44.2 Å². The van der Waals surface area contributed by atoms with Gasteiger partial charge < -0.3 is 16.0 Å². The summed E-state index contributed by atoms with van der Waals surface area (Å²) in [5.41, 5.74) is 1.92. The smallest absolute Gasteiger partial charge is 0.242 e. The summed E-state index contributed by atoms with van der Waals surface area (Å²) in [6.45, 7) is 0.245. The number of benzene rings is 2. The molecule has 2 aromatic carbocycles. The minimum atomic E-state index is -0.671. The summed E-state index contributed by atoms with van der Waals surface area (Å²) >= 11 is 5.90. The Kier molecular flexibility index (Phi) is 8.87. The van der Waals surface area contributed by atoms with Crippen LogP contribution in [-0.2, 0) is 20.8 Å². The van der Waals surface area contributed by atoms with Crippen molar-refractivity contribution >= 4 is 29.3 Å². The molecule has 3 amide bonds. The van der Waals surface area contributed by atoms with E-state index in [-0.39, 0.29) is 36.7 Å². The van der Waals surface area contributed by atoms with Gasteiger partial charge in [0.1, 0.15) is 6.04 Å². The van der Waals surface area contributed by atoms with Gasteiger partial charge in [0, 0.05) is 24.4 Å². The number of amides is 3. The van der Waals surface area contributed by atoms with Crippen LogP contribution in [0.1, 0.15) is 42.9 Å². The van der Waals surface area contributed by atoms with Crippen LogP contribution in [0.4, 0.5) is 0 Å². The minimum absolute atomic E-state index is 0.0645. The maximum Gasteiger partial charge on any atom is 0.242 e. The minimum Gasteiger partial charge on any atom is -0.352 e. The zero-order chi connectivity index (χ0) is 22.8. The molecule has 3 rings (SSSR count). The van der Waals surface area contributed by atoms with E-state index < -0.39 is 6.04 Å². The lowest BCUT2D eigenvalue weighted by Gasteiger charge is -2.23. The summed E-state index contributed by atoms with van der Waals surface area (Å²) in [5.74, 6) is -0.524. The van der Waals surface area contributed by atoms with E-state index in [1.54, 1.807) is 12.1 Å². The zero-order valence-corrected chi connectivity index (χ0v) is 18.6. The molecule has 1 heterocycles. The van der Waals surface area contributed by atoms with Crippen LogP contribution < -0.4 is 16.0 Å². The first kappa shape index (κ1) is 23.5. The first-order chi connectivity index (χ1) is 15.5. The number of allylic oxidation sites excluding steroid dienone is 1. The van der Waals surface area contributed by atoms with Gasteiger partial charge in [-0.05, 0) is 42.5 Å². The highest BCUT2D eigenvalue weighted by atomic mass is 35.5. The van der Waals surface area contributed by atoms with Crippen LogP contribution in [-0.4, -0.2) is 30.3 Å². The molecule has 1 aliphatic heterocycles. The van der Waals surface area contributed by atoms with Crippen molar-refractivity contribution in [2.75, 3.05) is 6.54 Å². The molecular formula is C25H28ClN3O3. The third-order valence-corrected chi connectivity index (χ3v) is 5.55. The topological polar surface area (TPSA) is 87.3 Å². The maximum atomic E-state index is 12.8. The first-order valence-electron chi connectivity index (χ1n) is 10.8. The largest absolute Gasteiger partial charge is 0.352 e. The zero-order valence-electron chi connectivity index (χ0n) is 17.9. The number of hydrogen-bond donors (Lipinski definition) is 3. The van der Waals surface area contributed by atoms with Crippen LogP contribution in [0.15, 0.2) is 66.7 Å². The molecule has 0 radical (unpaired) electrons. The highest BCUT2D eigenvalue weighted by Gasteiger charge is 2.22. The Morgan fingerprint density at radius 2 is 1.78 bits per heavy atom. The number of carbonyl (C=O) groups is 3. The quantitative estimate of drug-likeness (QED) is 0.606. The molecule has 2 atom stereocenters. The first-order valence-corrected chi connectivity index (χ1v) is 11.2. The Hall–Kier alpha value is -3.12. The number of halogens is 1. The van der Waals surface area contributed by atoms with Crippen molar-refractivity contribution in [1.82, 2.24) is 16.0 Å². The van der Waals surface area contributed by atoms with Crippen LogP contribution in [0.5, 0.6) is 0 Å². The summed E-state index contributed by atoms with van der Waals surface area (Å²) in [6, 6.07) is 15.9. The highest BCUT2D eigenvalue weighted by molar-refractivity contribution is 6.30. The third kappa shape index (κ3) is 7.54. The molecule has 0 bridgehead atoms. The van der Waals surface area contributed by atoms with E-state index in [0.29, 0.717) is 30.7 Å². The standard InChI is InChI=1S/C25H28ClN3O3/c26-20-14-11-18(12-15-20)13-16-24(31)28-21-9-5-2-6-10-23(30)29-22(17-27-25(21)32)19-7-3-1-4-8-19/h1-5,7-8,11-12,14-15,21-22H,6,9-10,13,16-17H2,(H,27,32)(H,28,31)(H,29,30)/b5-2+/t21-,22+/m1/s1. The number of hydrogen-bond acceptors (Lipinski definition) is 3. The molecule has 0 unspecified atom stereocenters. The number of carbonyl (C=O) groups excluding carboxylic acids is 3. The number of nitrogens with one attached hydrogen (secondary N) is 3. The molecule has 7 heteroatoms.